The van der Waals surface area contributed by atoms with E-state index in [1.807, 2.05) is 46.8 Å². The molecular formula is C23H37BClN3O4Si. The molecule has 1 aromatic heterocycles. The number of aromatic nitrogens is 2. The summed E-state index contributed by atoms with van der Waals surface area (Å²) in [6, 6.07) is 4.83. The predicted octanol–water partition coefficient (Wildman–Crippen LogP) is 5.04. The fourth-order valence-electron chi connectivity index (χ4n) is 3.50. The van der Waals surface area contributed by atoms with E-state index in [9.17, 15) is 4.79 Å². The van der Waals surface area contributed by atoms with Crippen molar-refractivity contribution in [2.24, 2.45) is 0 Å². The molecule has 7 nitrogen and oxygen atoms in total. The molecule has 2 aromatic rings. The highest BCUT2D eigenvalue weighted by Crippen LogP contribution is 2.37. The molecule has 1 saturated heterocycles. The van der Waals surface area contributed by atoms with Crippen LogP contribution in [0.25, 0.3) is 10.9 Å². The Morgan fingerprint density at radius 1 is 1.21 bits per heavy atom. The zero-order chi connectivity index (χ0) is 24.6. The van der Waals surface area contributed by atoms with Crippen LogP contribution in [0.1, 0.15) is 47.5 Å². The number of amides is 1. The molecule has 0 bridgehead atoms. The van der Waals surface area contributed by atoms with Crippen molar-refractivity contribution in [1.82, 2.24) is 9.78 Å². The summed E-state index contributed by atoms with van der Waals surface area (Å²) in [7, 11) is -1.80. The molecule has 1 amide bonds. The van der Waals surface area contributed by atoms with Gasteiger partial charge < -0.3 is 19.4 Å². The number of benzene rings is 1. The van der Waals surface area contributed by atoms with Gasteiger partial charge in [-0.1, -0.05) is 38.2 Å². The summed E-state index contributed by atoms with van der Waals surface area (Å²) in [6.07, 6.45) is 1.19. The molecule has 0 atom stereocenters. The van der Waals surface area contributed by atoms with Crippen molar-refractivity contribution in [2.45, 2.75) is 91.1 Å². The van der Waals surface area contributed by atoms with Crippen LogP contribution < -0.4 is 10.8 Å². The van der Waals surface area contributed by atoms with E-state index in [0.717, 1.165) is 23.4 Å². The third-order valence-electron chi connectivity index (χ3n) is 6.32. The zero-order valence-corrected chi connectivity index (χ0v) is 22.9. The van der Waals surface area contributed by atoms with Crippen LogP contribution in [-0.4, -0.2) is 48.7 Å². The van der Waals surface area contributed by atoms with Crippen molar-refractivity contribution in [3.8, 4) is 0 Å². The molecule has 0 radical (unpaired) electrons. The molecule has 1 aromatic carbocycles. The van der Waals surface area contributed by atoms with Gasteiger partial charge in [0.1, 0.15) is 6.73 Å². The zero-order valence-electron chi connectivity index (χ0n) is 21.2. The number of anilines is 1. The number of nitrogens with zero attached hydrogens (tertiary/aromatic N) is 2. The van der Waals surface area contributed by atoms with Crippen molar-refractivity contribution in [2.75, 3.05) is 11.9 Å². The number of ether oxygens (including phenoxy) is 1. The summed E-state index contributed by atoms with van der Waals surface area (Å²) in [6.45, 7) is 17.9. The van der Waals surface area contributed by atoms with Crippen LogP contribution in [-0.2, 0) is 25.6 Å². The van der Waals surface area contributed by atoms with Crippen molar-refractivity contribution in [3.63, 3.8) is 0 Å². The number of carbonyl (C=O) groups is 1. The van der Waals surface area contributed by atoms with E-state index in [0.29, 0.717) is 29.3 Å². The van der Waals surface area contributed by atoms with Crippen LogP contribution in [0.15, 0.2) is 12.1 Å². The molecule has 0 spiro atoms. The first kappa shape index (κ1) is 26.2. The second-order valence-electron chi connectivity index (χ2n) is 11.0. The Balaban J connectivity index is 1.95. The third kappa shape index (κ3) is 6.00. The molecule has 3 rings (SSSR count). The van der Waals surface area contributed by atoms with Crippen LogP contribution in [0.4, 0.5) is 5.82 Å². The van der Waals surface area contributed by atoms with Crippen molar-refractivity contribution in [1.29, 1.82) is 0 Å². The molecule has 2 heterocycles. The first-order valence-electron chi connectivity index (χ1n) is 11.7. The number of hydrogen-bond donors (Lipinski definition) is 1. The first-order valence-corrected chi connectivity index (χ1v) is 15.8. The predicted molar refractivity (Wildman–Crippen MR) is 138 cm³/mol. The normalized spacial score (nSPS) is 17.7. The van der Waals surface area contributed by atoms with Gasteiger partial charge in [-0.05, 0) is 52.3 Å². The molecule has 33 heavy (non-hydrogen) atoms. The summed E-state index contributed by atoms with van der Waals surface area (Å²) in [4.78, 5) is 12.4. The number of rotatable bonds is 9. The van der Waals surface area contributed by atoms with Crippen LogP contribution in [0, 0.1) is 0 Å². The largest absolute Gasteiger partial charge is 0.496 e. The summed E-state index contributed by atoms with van der Waals surface area (Å²) in [5.74, 6) is 0.419. The molecule has 0 aliphatic carbocycles. The van der Waals surface area contributed by atoms with E-state index in [-0.39, 0.29) is 12.6 Å². The fraction of sp³-hybridized carbons (Fsp3) is 0.652. The van der Waals surface area contributed by atoms with Gasteiger partial charge in [-0.25, -0.2) is 4.68 Å². The number of nitrogens with one attached hydrogen (secondary N) is 1. The van der Waals surface area contributed by atoms with E-state index in [1.54, 1.807) is 4.68 Å². The summed E-state index contributed by atoms with van der Waals surface area (Å²) >= 11 is 6.70. The lowest BCUT2D eigenvalue weighted by atomic mass is 9.78. The molecule has 10 heteroatoms. The lowest BCUT2D eigenvalue weighted by molar-refractivity contribution is -0.116. The summed E-state index contributed by atoms with van der Waals surface area (Å²) in [5.41, 5.74) is 0.540. The van der Waals surface area contributed by atoms with Gasteiger partial charge in [0.05, 0.1) is 16.7 Å². The topological polar surface area (TPSA) is 74.6 Å². The second kappa shape index (κ2) is 9.70. The van der Waals surface area contributed by atoms with Gasteiger partial charge in [0.25, 0.3) is 0 Å². The minimum atomic E-state index is -1.19. The monoisotopic (exact) mass is 493 g/mol. The number of fused-ring (bicyclic) bond motifs is 1. The smallest absolute Gasteiger partial charge is 0.399 e. The van der Waals surface area contributed by atoms with Crippen LogP contribution >= 0.6 is 11.6 Å². The van der Waals surface area contributed by atoms with Gasteiger partial charge in [-0.2, -0.15) is 5.10 Å². The first-order chi connectivity index (χ1) is 15.2. The van der Waals surface area contributed by atoms with E-state index < -0.39 is 26.4 Å². The van der Waals surface area contributed by atoms with Crippen LogP contribution in [0.5, 0.6) is 0 Å². The Bertz CT molecular complexity index is 1000. The quantitative estimate of drug-likeness (QED) is 0.391. The van der Waals surface area contributed by atoms with Gasteiger partial charge in [0.2, 0.25) is 5.91 Å². The number of hydrogen-bond acceptors (Lipinski definition) is 5. The highest BCUT2D eigenvalue weighted by Gasteiger charge is 2.52. The van der Waals surface area contributed by atoms with E-state index in [4.69, 9.17) is 25.6 Å². The lowest BCUT2D eigenvalue weighted by Crippen LogP contribution is -2.41. The number of halogens is 1. The minimum absolute atomic E-state index is 0.0733. The Morgan fingerprint density at radius 2 is 1.85 bits per heavy atom. The Hall–Kier alpha value is -1.39. The van der Waals surface area contributed by atoms with E-state index in [1.165, 1.54) is 0 Å². The molecule has 182 valence electrons. The fourth-order valence-corrected chi connectivity index (χ4v) is 4.51. The summed E-state index contributed by atoms with van der Waals surface area (Å²) < 4.78 is 20.1. The van der Waals surface area contributed by atoms with Gasteiger partial charge in [0.15, 0.2) is 5.82 Å². The maximum Gasteiger partial charge on any atom is 0.496 e. The Labute approximate surface area is 203 Å². The number of carbonyl (C=O) groups excluding carboxylic acids is 1. The van der Waals surface area contributed by atoms with E-state index in [2.05, 4.69) is 30.1 Å². The average molecular weight is 494 g/mol. The standard InChI is InChI=1S/C23H37BClN3O4Si/c1-9-10-20(29)26-21-16-13-17(24-31-22(2,3)23(4,5)32-24)18(25)14-19(16)28(27-21)15-30-11-12-33(6,7)8/h13-14H,9-12,15H2,1-8H3,(H,26,27,29). The maximum absolute atomic E-state index is 12.4. The lowest BCUT2D eigenvalue weighted by Gasteiger charge is -2.32. The molecule has 0 unspecified atom stereocenters. The molecule has 1 aliphatic rings. The highest BCUT2D eigenvalue weighted by molar-refractivity contribution is 6.76. The van der Waals surface area contributed by atoms with Gasteiger partial charge in [-0.15, -0.1) is 0 Å². The van der Waals surface area contributed by atoms with Crippen LogP contribution in [0.2, 0.25) is 30.7 Å². The van der Waals surface area contributed by atoms with Crippen molar-refractivity contribution >= 4 is 54.9 Å². The molecule has 0 saturated carbocycles. The molecule has 1 fully saturated rings. The second-order valence-corrected chi connectivity index (χ2v) is 17.0. The minimum Gasteiger partial charge on any atom is -0.399 e. The third-order valence-corrected chi connectivity index (χ3v) is 8.35. The average Bonchev–Trinajstić information content (AvgIpc) is 3.10. The van der Waals surface area contributed by atoms with E-state index >= 15 is 0 Å². The molecule has 1 aliphatic heterocycles. The SMILES string of the molecule is CCCC(=O)Nc1nn(COCC[Si](C)(C)C)c2cc(Cl)c(B3OC(C)(C)C(C)(C)O3)cc12. The Morgan fingerprint density at radius 3 is 2.42 bits per heavy atom. The highest BCUT2D eigenvalue weighted by atomic mass is 35.5. The van der Waals surface area contributed by atoms with Gasteiger partial charge in [-0.3, -0.25) is 4.79 Å². The van der Waals surface area contributed by atoms with Gasteiger partial charge in [0, 0.05) is 37.0 Å². The molecule has 1 N–H and O–H groups in total. The summed E-state index contributed by atoms with van der Waals surface area (Å²) in [5, 5.41) is 8.89. The Kier molecular flexibility index (Phi) is 7.71. The van der Waals surface area contributed by atoms with Crippen LogP contribution in [0.3, 0.4) is 0 Å². The van der Waals surface area contributed by atoms with Gasteiger partial charge >= 0.3 is 7.12 Å². The molecular weight excluding hydrogens is 457 g/mol. The maximum atomic E-state index is 12.4. The van der Waals surface area contributed by atoms with Crippen molar-refractivity contribution in [3.05, 3.63) is 17.2 Å². The van der Waals surface area contributed by atoms with Crippen molar-refractivity contribution < 1.29 is 18.8 Å².